The first kappa shape index (κ1) is 19.1. The molecule has 0 fully saturated rings. The minimum absolute atomic E-state index is 0.0330. The summed E-state index contributed by atoms with van der Waals surface area (Å²) in [5.74, 6) is -2.71. The number of rotatable bonds is 5. The number of hydrazine groups is 1. The lowest BCUT2D eigenvalue weighted by Gasteiger charge is -2.07. The van der Waals surface area contributed by atoms with Crippen molar-refractivity contribution in [1.82, 2.24) is 10.9 Å². The molecule has 0 aromatic heterocycles. The van der Waals surface area contributed by atoms with Gasteiger partial charge in [0.05, 0.1) is 5.02 Å². The number of carbonyl (C=O) groups is 3. The zero-order valence-electron chi connectivity index (χ0n) is 13.4. The monoisotopic (exact) mass is 376 g/mol. The van der Waals surface area contributed by atoms with Gasteiger partial charge in [0.2, 0.25) is 0 Å². The lowest BCUT2D eigenvalue weighted by molar-refractivity contribution is -0.144. The fourth-order valence-electron chi connectivity index (χ4n) is 1.83. The summed E-state index contributed by atoms with van der Waals surface area (Å²) in [5.41, 5.74) is 4.68. The molecular weight excluding hydrogens is 363 g/mol. The third kappa shape index (κ3) is 5.71. The molecule has 2 rings (SSSR count). The first-order valence-corrected chi connectivity index (χ1v) is 7.78. The Morgan fingerprint density at radius 3 is 2.46 bits per heavy atom. The number of esters is 1. The normalized spacial score (nSPS) is 10.4. The van der Waals surface area contributed by atoms with Gasteiger partial charge in [-0.3, -0.25) is 20.4 Å². The zero-order valence-corrected chi connectivity index (χ0v) is 14.1. The third-order valence-electron chi connectivity index (χ3n) is 3.08. The van der Waals surface area contributed by atoms with Crippen LogP contribution in [0.3, 0.4) is 0 Å². The van der Waals surface area contributed by atoms with Crippen molar-refractivity contribution in [2.75, 3.05) is 6.61 Å². The Morgan fingerprint density at radius 2 is 1.77 bits per heavy atom. The number of carbonyl (C=O) groups excluding carboxylic acids is 3. The van der Waals surface area contributed by atoms with E-state index in [-0.39, 0.29) is 10.6 Å². The van der Waals surface area contributed by atoms with E-state index in [1.54, 1.807) is 30.3 Å². The summed E-state index contributed by atoms with van der Waals surface area (Å²) < 4.78 is 18.2. The number of benzene rings is 2. The largest absolute Gasteiger partial charge is 0.452 e. The molecule has 0 radical (unpaired) electrons. The molecule has 0 heterocycles. The molecule has 6 nitrogen and oxygen atoms in total. The van der Waals surface area contributed by atoms with Crippen LogP contribution in [0.2, 0.25) is 5.02 Å². The summed E-state index contributed by atoms with van der Waals surface area (Å²) >= 11 is 5.81. The van der Waals surface area contributed by atoms with Gasteiger partial charge in [0.1, 0.15) is 5.82 Å². The van der Waals surface area contributed by atoms with Crippen LogP contribution in [0.4, 0.5) is 4.39 Å². The summed E-state index contributed by atoms with van der Waals surface area (Å²) in [6, 6.07) is 12.3. The zero-order chi connectivity index (χ0) is 18.9. The predicted molar refractivity (Wildman–Crippen MR) is 93.5 cm³/mol. The number of nitrogens with one attached hydrogen (secondary N) is 2. The maximum atomic E-state index is 13.5. The number of amides is 2. The van der Waals surface area contributed by atoms with E-state index in [0.29, 0.717) is 5.56 Å². The van der Waals surface area contributed by atoms with Gasteiger partial charge in [0, 0.05) is 17.2 Å². The standard InChI is InChI=1S/C18H14ClFN2O4/c19-14-7-4-8-15(20)13(14)9-10-17(24)26-11-16(23)21-22-18(25)12-5-2-1-3-6-12/h1-10H,11H2,(H,21,23)(H,22,25)/b10-9+. The van der Waals surface area contributed by atoms with Gasteiger partial charge in [-0.15, -0.1) is 0 Å². The lowest BCUT2D eigenvalue weighted by Crippen LogP contribution is -2.43. The van der Waals surface area contributed by atoms with Crippen LogP contribution in [0.1, 0.15) is 15.9 Å². The van der Waals surface area contributed by atoms with Crippen molar-refractivity contribution in [3.05, 3.63) is 76.6 Å². The second-order valence-corrected chi connectivity index (χ2v) is 5.35. The van der Waals surface area contributed by atoms with Crippen molar-refractivity contribution in [1.29, 1.82) is 0 Å². The van der Waals surface area contributed by atoms with Gasteiger partial charge in [-0.25, -0.2) is 9.18 Å². The molecule has 0 aliphatic carbocycles. The van der Waals surface area contributed by atoms with Crippen LogP contribution >= 0.6 is 11.6 Å². The quantitative estimate of drug-likeness (QED) is 0.477. The molecule has 2 aromatic carbocycles. The van der Waals surface area contributed by atoms with E-state index in [0.717, 1.165) is 12.2 Å². The van der Waals surface area contributed by atoms with E-state index < -0.39 is 30.2 Å². The average molecular weight is 377 g/mol. The van der Waals surface area contributed by atoms with Crippen LogP contribution in [0.25, 0.3) is 6.08 Å². The number of halogens is 2. The lowest BCUT2D eigenvalue weighted by atomic mass is 10.2. The summed E-state index contributed by atoms with van der Waals surface area (Å²) in [6.45, 7) is -0.622. The van der Waals surface area contributed by atoms with Gasteiger partial charge in [0.25, 0.3) is 11.8 Å². The fourth-order valence-corrected chi connectivity index (χ4v) is 2.06. The minimum atomic E-state index is -0.867. The van der Waals surface area contributed by atoms with E-state index in [1.807, 2.05) is 0 Å². The Kier molecular flexibility index (Phi) is 6.87. The smallest absolute Gasteiger partial charge is 0.331 e. The molecule has 0 aliphatic rings. The summed E-state index contributed by atoms with van der Waals surface area (Å²) in [7, 11) is 0. The molecular formula is C18H14ClFN2O4. The summed E-state index contributed by atoms with van der Waals surface area (Å²) in [4.78, 5) is 34.8. The third-order valence-corrected chi connectivity index (χ3v) is 3.41. The fraction of sp³-hybridized carbons (Fsp3) is 0.0556. The number of hydrogen-bond acceptors (Lipinski definition) is 4. The first-order chi connectivity index (χ1) is 12.5. The summed E-state index contributed by atoms with van der Waals surface area (Å²) in [5, 5.41) is 0.135. The topological polar surface area (TPSA) is 84.5 Å². The molecule has 0 atom stereocenters. The SMILES string of the molecule is O=C(COC(=O)/C=C/c1c(F)cccc1Cl)NNC(=O)c1ccccc1. The highest BCUT2D eigenvalue weighted by Gasteiger charge is 2.09. The van der Waals surface area contributed by atoms with Crippen LogP contribution in [0, 0.1) is 5.82 Å². The van der Waals surface area contributed by atoms with Gasteiger partial charge in [-0.1, -0.05) is 35.9 Å². The molecule has 26 heavy (non-hydrogen) atoms. The predicted octanol–water partition coefficient (Wildman–Crippen LogP) is 2.50. The average Bonchev–Trinajstić information content (AvgIpc) is 2.64. The van der Waals surface area contributed by atoms with Crippen LogP contribution < -0.4 is 10.9 Å². The Labute approximate surface area is 153 Å². The van der Waals surface area contributed by atoms with Crippen molar-refractivity contribution in [3.63, 3.8) is 0 Å². The van der Waals surface area contributed by atoms with Crippen LogP contribution in [0.5, 0.6) is 0 Å². The van der Waals surface area contributed by atoms with Gasteiger partial charge in [-0.05, 0) is 30.3 Å². The molecule has 8 heteroatoms. The number of hydrogen-bond donors (Lipinski definition) is 2. The molecule has 0 unspecified atom stereocenters. The van der Waals surface area contributed by atoms with Crippen molar-refractivity contribution in [2.24, 2.45) is 0 Å². The minimum Gasteiger partial charge on any atom is -0.452 e. The summed E-state index contributed by atoms with van der Waals surface area (Å²) in [6.07, 6.45) is 2.09. The maximum Gasteiger partial charge on any atom is 0.331 e. The van der Waals surface area contributed by atoms with Crippen LogP contribution in [-0.2, 0) is 14.3 Å². The Hall–Kier alpha value is -3.19. The van der Waals surface area contributed by atoms with Crippen molar-refractivity contribution in [2.45, 2.75) is 0 Å². The van der Waals surface area contributed by atoms with E-state index >= 15 is 0 Å². The van der Waals surface area contributed by atoms with Crippen molar-refractivity contribution in [3.8, 4) is 0 Å². The molecule has 134 valence electrons. The number of ether oxygens (including phenoxy) is 1. The highest BCUT2D eigenvalue weighted by Crippen LogP contribution is 2.20. The van der Waals surface area contributed by atoms with Crippen molar-refractivity contribution < 1.29 is 23.5 Å². The van der Waals surface area contributed by atoms with Crippen LogP contribution in [-0.4, -0.2) is 24.4 Å². The highest BCUT2D eigenvalue weighted by atomic mass is 35.5. The molecule has 0 aliphatic heterocycles. The van der Waals surface area contributed by atoms with Gasteiger partial charge in [0.15, 0.2) is 6.61 Å². The molecule has 2 N–H and O–H groups in total. The van der Waals surface area contributed by atoms with E-state index in [4.69, 9.17) is 11.6 Å². The second kappa shape index (κ2) is 9.33. The van der Waals surface area contributed by atoms with Gasteiger partial charge in [-0.2, -0.15) is 0 Å². The molecule has 2 amide bonds. The first-order valence-electron chi connectivity index (χ1n) is 7.40. The maximum absolute atomic E-state index is 13.5. The van der Waals surface area contributed by atoms with Crippen LogP contribution in [0.15, 0.2) is 54.6 Å². The second-order valence-electron chi connectivity index (χ2n) is 4.94. The Bertz CT molecular complexity index is 820. The Balaban J connectivity index is 1.77. The Morgan fingerprint density at radius 1 is 1.04 bits per heavy atom. The molecule has 0 saturated carbocycles. The molecule has 0 spiro atoms. The molecule has 0 bridgehead atoms. The van der Waals surface area contributed by atoms with Crippen molar-refractivity contribution >= 4 is 35.5 Å². The van der Waals surface area contributed by atoms with Gasteiger partial charge < -0.3 is 4.74 Å². The van der Waals surface area contributed by atoms with E-state index in [9.17, 15) is 18.8 Å². The highest BCUT2D eigenvalue weighted by molar-refractivity contribution is 6.32. The van der Waals surface area contributed by atoms with Gasteiger partial charge >= 0.3 is 5.97 Å². The van der Waals surface area contributed by atoms with E-state index in [2.05, 4.69) is 15.6 Å². The molecule has 2 aromatic rings. The van der Waals surface area contributed by atoms with E-state index in [1.165, 1.54) is 18.2 Å². The molecule has 0 saturated heterocycles.